The molecule has 0 aromatic heterocycles. The van der Waals surface area contributed by atoms with Crippen molar-refractivity contribution in [2.45, 2.75) is 81.1 Å². The van der Waals surface area contributed by atoms with E-state index in [0.717, 1.165) is 25.7 Å². The van der Waals surface area contributed by atoms with Crippen molar-refractivity contribution < 1.29 is 19.1 Å². The van der Waals surface area contributed by atoms with Crippen LogP contribution in [0.4, 0.5) is 0 Å². The molecule has 0 N–H and O–H groups in total. The zero-order chi connectivity index (χ0) is 20.5. The second kappa shape index (κ2) is 10.7. The lowest BCUT2D eigenvalue weighted by atomic mass is 9.84. The van der Waals surface area contributed by atoms with Gasteiger partial charge in [-0.2, -0.15) is 0 Å². The van der Waals surface area contributed by atoms with Gasteiger partial charge in [-0.1, -0.05) is 62.0 Å². The molecule has 0 aromatic carbocycles. The van der Waals surface area contributed by atoms with E-state index in [1.165, 1.54) is 0 Å². The van der Waals surface area contributed by atoms with E-state index < -0.39 is 11.9 Å². The Morgan fingerprint density at radius 2 is 1.08 bits per heavy atom. The SMILES string of the molecule is C=C(C(=O)OCCC(C)CC(C)(C)C)C(=O)OCCC(C)CC(C)(C)C. The number of carbonyl (C=O) groups excluding carboxylic acids is 2. The first kappa shape index (κ1) is 24.7. The summed E-state index contributed by atoms with van der Waals surface area (Å²) >= 11 is 0. The van der Waals surface area contributed by atoms with Gasteiger partial charge in [-0.05, 0) is 48.3 Å². The molecule has 26 heavy (non-hydrogen) atoms. The Balaban J connectivity index is 4.09. The molecule has 0 heterocycles. The van der Waals surface area contributed by atoms with Gasteiger partial charge in [0.15, 0.2) is 0 Å². The molecule has 0 aliphatic heterocycles. The van der Waals surface area contributed by atoms with E-state index in [1.54, 1.807) is 0 Å². The molecule has 4 heteroatoms. The van der Waals surface area contributed by atoms with Crippen molar-refractivity contribution in [3.05, 3.63) is 12.2 Å². The van der Waals surface area contributed by atoms with Gasteiger partial charge < -0.3 is 9.47 Å². The molecule has 152 valence electrons. The van der Waals surface area contributed by atoms with Crippen LogP contribution < -0.4 is 0 Å². The summed E-state index contributed by atoms with van der Waals surface area (Å²) in [5, 5.41) is 0. The fraction of sp³-hybridized carbons (Fsp3) is 0.818. The van der Waals surface area contributed by atoms with Crippen molar-refractivity contribution >= 4 is 11.9 Å². The maximum atomic E-state index is 11.9. The minimum atomic E-state index is -0.680. The third kappa shape index (κ3) is 13.0. The van der Waals surface area contributed by atoms with Gasteiger partial charge in [0.25, 0.3) is 0 Å². The number of hydrogen-bond donors (Lipinski definition) is 0. The van der Waals surface area contributed by atoms with Gasteiger partial charge in [-0.3, -0.25) is 0 Å². The fourth-order valence-electron chi connectivity index (χ4n) is 3.26. The van der Waals surface area contributed by atoms with Crippen molar-refractivity contribution in [1.29, 1.82) is 0 Å². The highest BCUT2D eigenvalue weighted by molar-refractivity contribution is 6.13. The number of carbonyl (C=O) groups is 2. The minimum absolute atomic E-state index is 0.225. The average Bonchev–Trinajstić information content (AvgIpc) is 2.42. The molecule has 0 radical (unpaired) electrons. The number of ether oxygens (including phenoxy) is 2. The third-order valence-corrected chi connectivity index (χ3v) is 4.10. The Bertz CT molecular complexity index is 424. The van der Waals surface area contributed by atoms with Gasteiger partial charge >= 0.3 is 11.9 Å². The Morgan fingerprint density at radius 1 is 0.769 bits per heavy atom. The Labute approximate surface area is 160 Å². The molecule has 0 aliphatic rings. The molecule has 0 aromatic rings. The van der Waals surface area contributed by atoms with Crippen molar-refractivity contribution in [3.63, 3.8) is 0 Å². The zero-order valence-electron chi connectivity index (χ0n) is 18.2. The summed E-state index contributed by atoms with van der Waals surface area (Å²) in [6, 6.07) is 0. The monoisotopic (exact) mass is 368 g/mol. The Hall–Kier alpha value is -1.32. The van der Waals surface area contributed by atoms with Crippen molar-refractivity contribution in [1.82, 2.24) is 0 Å². The molecule has 0 spiro atoms. The summed E-state index contributed by atoms with van der Waals surface area (Å²) in [6.07, 6.45) is 3.66. The first-order chi connectivity index (χ1) is 11.7. The largest absolute Gasteiger partial charge is 0.462 e. The summed E-state index contributed by atoms with van der Waals surface area (Å²) in [4.78, 5) is 23.8. The van der Waals surface area contributed by atoms with Crippen LogP contribution in [0.1, 0.15) is 81.1 Å². The Morgan fingerprint density at radius 3 is 1.35 bits per heavy atom. The molecule has 0 bridgehead atoms. The molecule has 0 fully saturated rings. The lowest BCUT2D eigenvalue weighted by Crippen LogP contribution is -2.20. The summed E-state index contributed by atoms with van der Waals surface area (Å²) in [7, 11) is 0. The van der Waals surface area contributed by atoms with Crippen LogP contribution in [0.2, 0.25) is 0 Å². The summed E-state index contributed by atoms with van der Waals surface area (Å²) < 4.78 is 10.3. The van der Waals surface area contributed by atoms with Gasteiger partial charge in [0.2, 0.25) is 0 Å². The van der Waals surface area contributed by atoms with E-state index in [9.17, 15) is 9.59 Å². The van der Waals surface area contributed by atoms with Crippen LogP contribution in [0.5, 0.6) is 0 Å². The van der Waals surface area contributed by atoms with E-state index in [1.807, 2.05) is 0 Å². The first-order valence-corrected chi connectivity index (χ1v) is 9.74. The number of rotatable bonds is 10. The van der Waals surface area contributed by atoms with Crippen LogP contribution >= 0.6 is 0 Å². The highest BCUT2D eigenvalue weighted by atomic mass is 16.6. The van der Waals surface area contributed by atoms with Crippen LogP contribution in [0.15, 0.2) is 12.2 Å². The predicted octanol–water partition coefficient (Wildman–Crippen LogP) is 5.55. The highest BCUT2D eigenvalue weighted by Crippen LogP contribution is 2.26. The fourth-order valence-corrected chi connectivity index (χ4v) is 3.26. The molecule has 0 rings (SSSR count). The average molecular weight is 369 g/mol. The van der Waals surface area contributed by atoms with Gasteiger partial charge in [0.1, 0.15) is 5.57 Å². The van der Waals surface area contributed by atoms with Crippen molar-refractivity contribution in [2.75, 3.05) is 13.2 Å². The van der Waals surface area contributed by atoms with E-state index >= 15 is 0 Å². The number of hydrogen-bond acceptors (Lipinski definition) is 4. The van der Waals surface area contributed by atoms with Gasteiger partial charge in [-0.25, -0.2) is 9.59 Å². The smallest absolute Gasteiger partial charge is 0.344 e. The van der Waals surface area contributed by atoms with Crippen LogP contribution in [-0.4, -0.2) is 25.2 Å². The van der Waals surface area contributed by atoms with E-state index in [4.69, 9.17) is 9.47 Å². The van der Waals surface area contributed by atoms with Crippen LogP contribution in [0.3, 0.4) is 0 Å². The quantitative estimate of drug-likeness (QED) is 0.219. The zero-order valence-corrected chi connectivity index (χ0v) is 18.2. The first-order valence-electron chi connectivity index (χ1n) is 9.74. The standard InChI is InChI=1S/C22H40O4/c1-16(14-21(4,5)6)10-12-25-19(23)18(3)20(24)26-13-11-17(2)15-22(7,8)9/h16-17H,3,10-15H2,1-2,4-9H3. The summed E-state index contributed by atoms with van der Waals surface area (Å²) in [5.41, 5.74) is 0.277. The molecule has 2 unspecified atom stereocenters. The normalized spacial score (nSPS) is 14.5. The summed E-state index contributed by atoms with van der Waals surface area (Å²) in [5.74, 6) is -0.457. The molecule has 0 saturated heterocycles. The topological polar surface area (TPSA) is 52.6 Å². The summed E-state index contributed by atoms with van der Waals surface area (Å²) in [6.45, 7) is 21.5. The van der Waals surface area contributed by atoms with E-state index in [2.05, 4.69) is 62.0 Å². The molecule has 0 saturated carbocycles. The minimum Gasteiger partial charge on any atom is -0.462 e. The third-order valence-electron chi connectivity index (χ3n) is 4.10. The van der Waals surface area contributed by atoms with Crippen molar-refractivity contribution in [2.24, 2.45) is 22.7 Å². The maximum absolute atomic E-state index is 11.9. The van der Waals surface area contributed by atoms with Crippen LogP contribution in [0.25, 0.3) is 0 Å². The lowest BCUT2D eigenvalue weighted by molar-refractivity contribution is -0.147. The highest BCUT2D eigenvalue weighted by Gasteiger charge is 2.21. The maximum Gasteiger partial charge on any atom is 0.344 e. The molecular formula is C22H40O4. The predicted molar refractivity (Wildman–Crippen MR) is 107 cm³/mol. The molecule has 4 nitrogen and oxygen atoms in total. The molecule has 0 amide bonds. The second-order valence-electron chi connectivity index (χ2n) is 10.1. The molecule has 2 atom stereocenters. The second-order valence-corrected chi connectivity index (χ2v) is 10.1. The molecule has 0 aliphatic carbocycles. The van der Waals surface area contributed by atoms with Crippen molar-refractivity contribution in [3.8, 4) is 0 Å². The van der Waals surface area contributed by atoms with Gasteiger partial charge in [-0.15, -0.1) is 0 Å². The van der Waals surface area contributed by atoms with Gasteiger partial charge in [0, 0.05) is 0 Å². The van der Waals surface area contributed by atoms with Gasteiger partial charge in [0.05, 0.1) is 13.2 Å². The van der Waals surface area contributed by atoms with E-state index in [-0.39, 0.29) is 16.4 Å². The lowest BCUT2D eigenvalue weighted by Gasteiger charge is -2.23. The Kier molecular flexibility index (Phi) is 10.2. The van der Waals surface area contributed by atoms with Crippen LogP contribution in [-0.2, 0) is 19.1 Å². The van der Waals surface area contributed by atoms with Crippen LogP contribution in [0, 0.1) is 22.7 Å². The number of esters is 2. The molecular weight excluding hydrogens is 328 g/mol. The van der Waals surface area contributed by atoms with E-state index in [0.29, 0.717) is 25.0 Å².